The Kier molecular flexibility index (Phi) is 15.8. The van der Waals surface area contributed by atoms with Gasteiger partial charge in [0.25, 0.3) is 0 Å². The molecule has 3 N–H and O–H groups in total. The van der Waals surface area contributed by atoms with E-state index >= 15 is 0 Å². The van der Waals surface area contributed by atoms with E-state index in [0.717, 1.165) is 65.3 Å². The topological polar surface area (TPSA) is 170 Å². The molecule has 326 valence electrons. The Labute approximate surface area is 350 Å². The van der Waals surface area contributed by atoms with Gasteiger partial charge in [-0.1, -0.05) is 0 Å². The lowest BCUT2D eigenvalue weighted by atomic mass is 9.96. The maximum absolute atomic E-state index is 12.3. The van der Waals surface area contributed by atoms with Gasteiger partial charge in [0.15, 0.2) is 53.7 Å². The van der Waals surface area contributed by atoms with Crippen molar-refractivity contribution < 1.29 is 54.8 Å². The number of hydrogen-bond donors (Lipinski definition) is 3. The molecule has 2 saturated carbocycles. The van der Waals surface area contributed by atoms with Crippen LogP contribution in [0.1, 0.15) is 56.3 Å². The Balaban J connectivity index is 0.000000153. The number of benzene rings is 3. The quantitative estimate of drug-likeness (QED) is 0.0703. The van der Waals surface area contributed by atoms with Gasteiger partial charge in [-0.2, -0.15) is 0 Å². The molecule has 0 bridgehead atoms. The van der Waals surface area contributed by atoms with Gasteiger partial charge in [-0.15, -0.1) is 13.2 Å². The number of hydrogen-bond acceptors (Lipinski definition) is 15. The van der Waals surface area contributed by atoms with Crippen molar-refractivity contribution in [3.63, 3.8) is 0 Å². The molecule has 18 heteroatoms. The van der Waals surface area contributed by atoms with Crippen molar-refractivity contribution in [3.05, 3.63) is 110 Å². The molecular weight excluding hydrogens is 801 g/mol. The summed E-state index contributed by atoms with van der Waals surface area (Å²) in [5.41, 5.74) is 2.51. The number of anilines is 3. The highest BCUT2D eigenvalue weighted by atomic mass is 19.4. The van der Waals surface area contributed by atoms with Crippen molar-refractivity contribution in [2.24, 2.45) is 5.92 Å². The van der Waals surface area contributed by atoms with Crippen LogP contribution in [0, 0.1) is 5.92 Å². The maximum Gasteiger partial charge on any atom is 0.573 e. The van der Waals surface area contributed by atoms with Crippen molar-refractivity contribution in [2.45, 2.75) is 71.1 Å². The van der Waals surface area contributed by atoms with Gasteiger partial charge in [0, 0.05) is 35.3 Å². The number of nitrogens with one attached hydrogen (secondary N) is 3. The van der Waals surface area contributed by atoms with Crippen LogP contribution in [-0.2, 0) is 19.6 Å². The molecule has 0 amide bonds. The molecule has 0 saturated heterocycles. The van der Waals surface area contributed by atoms with E-state index in [0.29, 0.717) is 43.1 Å². The van der Waals surface area contributed by atoms with Gasteiger partial charge < -0.3 is 57.6 Å². The zero-order valence-corrected chi connectivity index (χ0v) is 34.0. The van der Waals surface area contributed by atoms with Gasteiger partial charge in [0.2, 0.25) is 0 Å². The second-order valence-corrected chi connectivity index (χ2v) is 13.8. The van der Waals surface area contributed by atoms with E-state index < -0.39 is 6.36 Å². The number of oxazole rings is 3. The van der Waals surface area contributed by atoms with Crippen LogP contribution in [0.25, 0.3) is 0 Å². The first kappa shape index (κ1) is 43.8. The van der Waals surface area contributed by atoms with E-state index in [1.54, 1.807) is 33.5 Å². The van der Waals surface area contributed by atoms with E-state index in [1.165, 1.54) is 62.8 Å². The minimum atomic E-state index is -4.76. The Morgan fingerprint density at radius 1 is 0.607 bits per heavy atom. The normalized spacial score (nSPS) is 13.3. The lowest BCUT2D eigenvalue weighted by molar-refractivity contribution is -0.275. The molecule has 0 unspecified atom stereocenters. The fourth-order valence-corrected chi connectivity index (χ4v) is 5.59. The molecule has 3 aromatic carbocycles. The minimum absolute atomic E-state index is 0.0115. The number of rotatable bonds is 19. The third-order valence-corrected chi connectivity index (χ3v) is 9.16. The van der Waals surface area contributed by atoms with Crippen LogP contribution in [0.2, 0.25) is 0 Å². The van der Waals surface area contributed by atoms with Gasteiger partial charge in [-0.3, -0.25) is 0 Å². The van der Waals surface area contributed by atoms with E-state index in [2.05, 4.69) is 35.6 Å². The SMILES string of the molecule is CCOc1cc(NCc2cnco2)ccc1OC(F)(F)F.COc1ccc(NCc2cnco2)cc1OC1CCC1.COc1ccc(NCc2cnco2)cc1OCC1CC1. The number of ether oxygens (including phenoxy) is 6. The average molecular weight is 851 g/mol. The molecule has 0 atom stereocenters. The van der Waals surface area contributed by atoms with Crippen LogP contribution < -0.4 is 44.4 Å². The Morgan fingerprint density at radius 2 is 1.07 bits per heavy atom. The zero-order valence-electron chi connectivity index (χ0n) is 34.0. The summed E-state index contributed by atoms with van der Waals surface area (Å²) in [7, 11) is 3.31. The summed E-state index contributed by atoms with van der Waals surface area (Å²) in [6.45, 7) is 4.20. The van der Waals surface area contributed by atoms with Crippen LogP contribution in [0.15, 0.2) is 106 Å². The number of methoxy groups -OCH3 is 2. The van der Waals surface area contributed by atoms with Crippen LogP contribution in [0.5, 0.6) is 34.5 Å². The Hall–Kier alpha value is -6.72. The van der Waals surface area contributed by atoms with Gasteiger partial charge >= 0.3 is 6.36 Å². The average Bonchev–Trinajstić information content (AvgIpc) is 3.63. The number of aromatic nitrogens is 3. The van der Waals surface area contributed by atoms with Gasteiger partial charge in [-0.05, 0) is 81.3 Å². The van der Waals surface area contributed by atoms with E-state index in [4.69, 9.17) is 36.9 Å². The summed E-state index contributed by atoms with van der Waals surface area (Å²) in [6.07, 6.45) is 10.7. The lowest BCUT2D eigenvalue weighted by Crippen LogP contribution is -2.24. The predicted molar refractivity (Wildman–Crippen MR) is 218 cm³/mol. The maximum atomic E-state index is 12.3. The van der Waals surface area contributed by atoms with Gasteiger partial charge in [0.1, 0.15) is 17.3 Å². The first-order valence-electron chi connectivity index (χ1n) is 19.7. The zero-order chi connectivity index (χ0) is 42.9. The van der Waals surface area contributed by atoms with Crippen LogP contribution in [0.3, 0.4) is 0 Å². The molecule has 3 heterocycles. The van der Waals surface area contributed by atoms with Gasteiger partial charge in [0.05, 0.1) is 71.8 Å². The van der Waals surface area contributed by atoms with Crippen molar-refractivity contribution in [2.75, 3.05) is 43.4 Å². The summed E-state index contributed by atoms with van der Waals surface area (Å²) >= 11 is 0. The highest BCUT2D eigenvalue weighted by Crippen LogP contribution is 2.37. The highest BCUT2D eigenvalue weighted by Gasteiger charge is 2.32. The molecule has 2 fully saturated rings. The van der Waals surface area contributed by atoms with Crippen molar-refractivity contribution >= 4 is 17.1 Å². The first-order valence-corrected chi connectivity index (χ1v) is 19.7. The standard InChI is InChI=1S/2C15H18N2O3.C13H13F3N2O3/c1-18-14-5-4-12(17-8-13-7-16-10-20-13)6-15(14)19-9-11-2-3-11;1-18-14-6-5-11(17-9-13-8-16-10-19-13)7-15(14)20-12-3-2-4-12;1-2-19-12-5-9(18-7-10-6-17-8-20-10)3-4-11(12)21-13(14,15)16/h4-7,10-11,17H,2-3,8-9H2,1H3;5-8,10,12,17H,2-4,9H2,1H3;3-6,8,18H,2,7H2,1H3. The monoisotopic (exact) mass is 850 g/mol. The molecule has 0 spiro atoms. The number of alkyl halides is 3. The molecule has 2 aliphatic rings. The Morgan fingerprint density at radius 3 is 1.46 bits per heavy atom. The number of nitrogens with zero attached hydrogens (tertiary/aromatic N) is 3. The smallest absolute Gasteiger partial charge is 0.493 e. The third-order valence-electron chi connectivity index (χ3n) is 9.16. The summed E-state index contributed by atoms with van der Waals surface area (Å²) in [5.74, 6) is 5.63. The van der Waals surface area contributed by atoms with Crippen molar-refractivity contribution in [3.8, 4) is 34.5 Å². The summed E-state index contributed by atoms with van der Waals surface area (Å²) in [6, 6.07) is 15.7. The molecule has 0 radical (unpaired) electrons. The molecule has 61 heavy (non-hydrogen) atoms. The second-order valence-electron chi connectivity index (χ2n) is 13.8. The minimum Gasteiger partial charge on any atom is -0.493 e. The largest absolute Gasteiger partial charge is 0.573 e. The summed E-state index contributed by atoms with van der Waals surface area (Å²) in [5, 5.41) is 9.54. The molecule has 8 rings (SSSR count). The fourth-order valence-electron chi connectivity index (χ4n) is 5.59. The van der Waals surface area contributed by atoms with Crippen LogP contribution in [0.4, 0.5) is 30.2 Å². The van der Waals surface area contributed by atoms with Crippen molar-refractivity contribution in [1.82, 2.24) is 15.0 Å². The molecule has 2 aliphatic carbocycles. The molecule has 0 aliphatic heterocycles. The molecule has 6 aromatic rings. The second kappa shape index (κ2) is 22.0. The van der Waals surface area contributed by atoms with Crippen molar-refractivity contribution in [1.29, 1.82) is 0 Å². The van der Waals surface area contributed by atoms with Gasteiger partial charge in [-0.25, -0.2) is 15.0 Å². The number of halogens is 3. The molecule has 15 nitrogen and oxygen atoms in total. The first-order chi connectivity index (χ1) is 29.7. The van der Waals surface area contributed by atoms with E-state index in [-0.39, 0.29) is 18.1 Å². The van der Waals surface area contributed by atoms with E-state index in [1.807, 2.05) is 36.4 Å². The predicted octanol–water partition coefficient (Wildman–Crippen LogP) is 9.89. The fraction of sp³-hybridized carbons (Fsp3) is 0.372. The molecule has 3 aromatic heterocycles. The van der Waals surface area contributed by atoms with Crippen LogP contribution in [-0.4, -0.2) is 54.9 Å². The van der Waals surface area contributed by atoms with Crippen LogP contribution >= 0.6 is 0 Å². The molecular formula is C43H49F3N6O9. The summed E-state index contributed by atoms with van der Waals surface area (Å²) < 4.78 is 83.8. The highest BCUT2D eigenvalue weighted by molar-refractivity contribution is 5.56. The Bertz CT molecular complexity index is 2160. The summed E-state index contributed by atoms with van der Waals surface area (Å²) in [4.78, 5) is 11.5. The lowest BCUT2D eigenvalue weighted by Gasteiger charge is -2.27. The van der Waals surface area contributed by atoms with E-state index in [9.17, 15) is 13.2 Å². The third kappa shape index (κ3) is 14.5.